The van der Waals surface area contributed by atoms with Gasteiger partial charge >= 0.3 is 0 Å². The van der Waals surface area contributed by atoms with Crippen LogP contribution in [0.4, 0.5) is 31.8 Å². The number of fused-ring (bicyclic) bond motifs is 2. The number of methoxy groups -OCH3 is 2. The van der Waals surface area contributed by atoms with Gasteiger partial charge < -0.3 is 36.5 Å². The molecule has 0 aliphatic rings. The minimum absolute atomic E-state index is 0. The number of hydrogen-bond acceptors (Lipinski definition) is 12. The second-order valence-corrected chi connectivity index (χ2v) is 15.3. The first-order chi connectivity index (χ1) is 28.9. The van der Waals surface area contributed by atoms with Crippen molar-refractivity contribution in [1.82, 2.24) is 35.9 Å². The summed E-state index contributed by atoms with van der Waals surface area (Å²) in [5, 5.41) is 15.7. The second-order valence-electron chi connectivity index (χ2n) is 14.3. The van der Waals surface area contributed by atoms with Crippen LogP contribution in [0.2, 0.25) is 10.0 Å². The molecule has 7 N–H and O–H groups in total. The van der Waals surface area contributed by atoms with Crippen molar-refractivity contribution in [3.63, 3.8) is 0 Å². The van der Waals surface area contributed by atoms with Gasteiger partial charge in [-0.2, -0.15) is 0 Å². The molecule has 0 bridgehead atoms. The Balaban J connectivity index is 0.000000283. The zero-order valence-corrected chi connectivity index (χ0v) is 38.2. The summed E-state index contributed by atoms with van der Waals surface area (Å²) in [4.78, 5) is 39.6. The number of rotatable bonds is 12. The van der Waals surface area contributed by atoms with Crippen molar-refractivity contribution in [2.75, 3.05) is 38.9 Å². The van der Waals surface area contributed by atoms with Crippen molar-refractivity contribution >= 4 is 104 Å². The Morgan fingerprint density at radius 1 is 0.710 bits per heavy atom. The number of aromatic nitrogens is 4. The molecule has 0 atom stereocenters. The molecule has 0 fully saturated rings. The molecule has 2 aromatic heterocycles. The molecule has 6 rings (SSSR count). The van der Waals surface area contributed by atoms with E-state index in [1.165, 1.54) is 24.8 Å². The van der Waals surface area contributed by atoms with E-state index < -0.39 is 22.7 Å². The molecule has 0 unspecified atom stereocenters. The highest BCUT2D eigenvalue weighted by atomic mass is 35.5. The van der Waals surface area contributed by atoms with Gasteiger partial charge in [0, 0.05) is 54.7 Å². The highest BCUT2D eigenvalue weighted by Crippen LogP contribution is 2.33. The van der Waals surface area contributed by atoms with Crippen LogP contribution in [0.1, 0.15) is 38.8 Å². The Labute approximate surface area is 379 Å². The van der Waals surface area contributed by atoms with Crippen LogP contribution in [0.15, 0.2) is 73.3 Å². The standard InChI is InChI=1S/C21H23ClFN5O2.C16H12Cl2FN3O.C5H12N2O.ClH/c1-21(2,20(29)24-3)27-10-12-8-13-16(9-17(12)30-4)25-11-26-19(13)28-15-7-5-6-14(22)18(15)23;1-23-14-6-13-10(5-9(14)7-17)16(21-8-20-13)22-12-4-2-3-11(18)15(12)19;1-5(2,6)4(8)7-3;/h5-9,11,27H,10H2,1-4H3,(H,24,29)(H,25,26,28);2-6,8H,7H2,1H3,(H,20,21,22);6H2,1-3H3,(H,7,8);1H. The van der Waals surface area contributed by atoms with Crippen molar-refractivity contribution in [3.8, 4) is 11.5 Å². The summed E-state index contributed by atoms with van der Waals surface area (Å²) in [6.07, 6.45) is 2.78. The monoisotopic (exact) mass is 934 g/mol. The quantitative estimate of drug-likeness (QED) is 0.0642. The van der Waals surface area contributed by atoms with Crippen LogP contribution >= 0.6 is 47.2 Å². The van der Waals surface area contributed by atoms with Gasteiger partial charge in [-0.1, -0.05) is 35.3 Å². The highest BCUT2D eigenvalue weighted by molar-refractivity contribution is 6.31. The summed E-state index contributed by atoms with van der Waals surface area (Å²) in [7, 11) is 6.29. The number of nitrogens with zero attached hydrogens (tertiary/aromatic N) is 4. The van der Waals surface area contributed by atoms with Crippen molar-refractivity contribution < 1.29 is 27.8 Å². The highest BCUT2D eigenvalue weighted by Gasteiger charge is 2.26. The van der Waals surface area contributed by atoms with E-state index in [1.54, 1.807) is 92.4 Å². The van der Waals surface area contributed by atoms with Gasteiger partial charge in [0.05, 0.1) is 63.6 Å². The number of hydrogen-bond donors (Lipinski definition) is 6. The summed E-state index contributed by atoms with van der Waals surface area (Å²) in [5.74, 6) is 1.05. The number of nitrogens with one attached hydrogen (secondary N) is 5. The fraction of sp³-hybridized carbons (Fsp3) is 0.286. The van der Waals surface area contributed by atoms with Gasteiger partial charge in [0.15, 0.2) is 11.6 Å². The summed E-state index contributed by atoms with van der Waals surface area (Å²) in [5.41, 5.74) is 7.18. The van der Waals surface area contributed by atoms with E-state index in [9.17, 15) is 18.4 Å². The Morgan fingerprint density at radius 3 is 1.53 bits per heavy atom. The number of likely N-dealkylation sites (N-methyl/N-ethyl adjacent to an activating group) is 2. The van der Waals surface area contributed by atoms with E-state index in [-0.39, 0.29) is 51.5 Å². The molecule has 0 aliphatic carbocycles. The number of benzene rings is 4. The van der Waals surface area contributed by atoms with E-state index in [1.807, 2.05) is 12.1 Å². The lowest BCUT2D eigenvalue weighted by Gasteiger charge is -2.25. The molecule has 6 aromatic rings. The molecule has 0 aliphatic heterocycles. The lowest BCUT2D eigenvalue weighted by molar-refractivity contribution is -0.126. The Hall–Kier alpha value is -5.36. The lowest BCUT2D eigenvalue weighted by atomic mass is 10.0. The average Bonchev–Trinajstić information content (AvgIpc) is 3.24. The van der Waals surface area contributed by atoms with Crippen molar-refractivity contribution in [3.05, 3.63) is 106 Å². The minimum Gasteiger partial charge on any atom is -0.496 e. The topological polar surface area (TPSA) is 190 Å². The van der Waals surface area contributed by atoms with Crippen LogP contribution < -0.4 is 41.8 Å². The summed E-state index contributed by atoms with van der Waals surface area (Å²) < 4.78 is 39.2. The van der Waals surface area contributed by atoms with Crippen LogP contribution in [0.3, 0.4) is 0 Å². The van der Waals surface area contributed by atoms with Gasteiger partial charge in [-0.15, -0.1) is 24.0 Å². The van der Waals surface area contributed by atoms with E-state index in [4.69, 9.17) is 50.0 Å². The summed E-state index contributed by atoms with van der Waals surface area (Å²) >= 11 is 17.6. The zero-order chi connectivity index (χ0) is 45.1. The maximum Gasteiger partial charge on any atom is 0.239 e. The molecule has 4 aromatic carbocycles. The third-order valence-corrected chi connectivity index (χ3v) is 9.83. The average molecular weight is 937 g/mol. The SMILES string of the molecule is CNC(=O)C(C)(C)N.CNC(=O)C(C)(C)NCc1cc2c(Nc3cccc(Cl)c3F)ncnc2cc1OC.COc1cc2ncnc(Nc3cccc(Cl)c3F)c2cc1CCl.Cl. The number of carbonyl (C=O) groups excluding carboxylic acids is 2. The fourth-order valence-corrected chi connectivity index (χ4v) is 6.12. The number of halogens is 6. The number of nitrogens with two attached hydrogens (primary N) is 1. The van der Waals surface area contributed by atoms with Gasteiger partial charge in [-0.3, -0.25) is 14.9 Å². The normalized spacial score (nSPS) is 10.9. The Bertz CT molecular complexity index is 2510. The number of alkyl halides is 1. The Kier molecular flexibility index (Phi) is 18.6. The molecule has 0 spiro atoms. The van der Waals surface area contributed by atoms with Crippen molar-refractivity contribution in [1.29, 1.82) is 0 Å². The van der Waals surface area contributed by atoms with Crippen LogP contribution in [-0.4, -0.2) is 71.1 Å². The molecule has 62 heavy (non-hydrogen) atoms. The molecule has 0 radical (unpaired) electrons. The van der Waals surface area contributed by atoms with Gasteiger partial charge in [-0.05, 0) is 64.1 Å². The Morgan fingerprint density at radius 2 is 1.15 bits per heavy atom. The summed E-state index contributed by atoms with van der Waals surface area (Å²) in [6, 6.07) is 16.7. The van der Waals surface area contributed by atoms with E-state index in [2.05, 4.69) is 46.5 Å². The third-order valence-electron chi connectivity index (χ3n) is 8.96. The van der Waals surface area contributed by atoms with E-state index >= 15 is 0 Å². The van der Waals surface area contributed by atoms with Gasteiger partial charge in [0.1, 0.15) is 35.8 Å². The van der Waals surface area contributed by atoms with E-state index in [0.717, 1.165) is 11.1 Å². The fourth-order valence-electron chi connectivity index (χ4n) is 5.57. The lowest BCUT2D eigenvalue weighted by Crippen LogP contribution is -2.51. The van der Waals surface area contributed by atoms with E-state index in [0.29, 0.717) is 51.5 Å². The smallest absolute Gasteiger partial charge is 0.239 e. The first-order valence-corrected chi connectivity index (χ1v) is 19.8. The third kappa shape index (κ3) is 12.8. The summed E-state index contributed by atoms with van der Waals surface area (Å²) in [6.45, 7) is 7.26. The molecular formula is C42H48Cl4F2N10O4. The van der Waals surface area contributed by atoms with Crippen LogP contribution in [0.25, 0.3) is 21.8 Å². The first-order valence-electron chi connectivity index (χ1n) is 18.5. The number of ether oxygens (including phenoxy) is 2. The van der Waals surface area contributed by atoms with Gasteiger partial charge in [-0.25, -0.2) is 28.7 Å². The zero-order valence-electron chi connectivity index (χ0n) is 35.1. The number of carbonyl (C=O) groups is 2. The number of anilines is 4. The number of amides is 2. The van der Waals surface area contributed by atoms with Crippen molar-refractivity contribution in [2.45, 2.75) is 51.2 Å². The van der Waals surface area contributed by atoms with Gasteiger partial charge in [0.2, 0.25) is 11.8 Å². The maximum absolute atomic E-state index is 14.3. The van der Waals surface area contributed by atoms with Crippen LogP contribution in [0.5, 0.6) is 11.5 Å². The molecule has 14 nitrogen and oxygen atoms in total. The predicted molar refractivity (Wildman–Crippen MR) is 246 cm³/mol. The molecule has 0 saturated heterocycles. The molecule has 0 saturated carbocycles. The van der Waals surface area contributed by atoms with Gasteiger partial charge in [0.25, 0.3) is 0 Å². The second kappa shape index (κ2) is 22.6. The molecule has 2 amide bonds. The molecule has 332 valence electrons. The minimum atomic E-state index is -0.785. The van der Waals surface area contributed by atoms with Crippen molar-refractivity contribution in [2.24, 2.45) is 5.73 Å². The predicted octanol–water partition coefficient (Wildman–Crippen LogP) is 8.59. The molecular weight excluding hydrogens is 888 g/mol. The van der Waals surface area contributed by atoms with Crippen LogP contribution in [0, 0.1) is 11.6 Å². The maximum atomic E-state index is 14.3. The van der Waals surface area contributed by atoms with Crippen LogP contribution in [-0.2, 0) is 22.0 Å². The molecule has 20 heteroatoms. The molecule has 2 heterocycles. The first kappa shape index (κ1) is 51.0. The largest absolute Gasteiger partial charge is 0.496 e.